The fraction of sp³-hybridized carbons (Fsp3) is 0.417. The van der Waals surface area contributed by atoms with Gasteiger partial charge in [0.1, 0.15) is 16.3 Å². The van der Waals surface area contributed by atoms with Gasteiger partial charge in [0.2, 0.25) is 10.0 Å². The zero-order valence-electron chi connectivity index (χ0n) is 11.0. The molecule has 1 saturated heterocycles. The Labute approximate surface area is 119 Å². The maximum absolute atomic E-state index is 14.0. The number of hydrogen-bond acceptors (Lipinski definition) is 4. The van der Waals surface area contributed by atoms with Crippen molar-refractivity contribution in [2.75, 3.05) is 6.61 Å². The number of benzene rings is 1. The van der Waals surface area contributed by atoms with Gasteiger partial charge in [-0.05, 0) is 25.5 Å². The van der Waals surface area contributed by atoms with Crippen LogP contribution in [0.3, 0.4) is 0 Å². The lowest BCUT2D eigenvalue weighted by atomic mass is 10.2. The molecule has 6 nitrogen and oxygen atoms in total. The molecule has 0 amide bonds. The molecule has 116 valence electrons. The molecule has 2 unspecified atom stereocenters. The first-order valence-corrected chi connectivity index (χ1v) is 7.57. The van der Waals surface area contributed by atoms with E-state index in [2.05, 4.69) is 4.72 Å². The van der Waals surface area contributed by atoms with Crippen molar-refractivity contribution in [2.45, 2.75) is 30.4 Å². The molecule has 0 radical (unpaired) electrons. The minimum atomic E-state index is -4.32. The number of rotatable bonds is 4. The van der Waals surface area contributed by atoms with Crippen LogP contribution in [0.4, 0.5) is 8.78 Å². The average Bonchev–Trinajstić information content (AvgIpc) is 2.73. The molecular formula is C12H13F2NO5S. The first-order chi connectivity index (χ1) is 9.74. The van der Waals surface area contributed by atoms with Crippen LogP contribution in [0.5, 0.6) is 0 Å². The molecule has 1 aromatic carbocycles. The van der Waals surface area contributed by atoms with Crippen LogP contribution in [0.2, 0.25) is 0 Å². The molecule has 1 aliphatic rings. The molecule has 0 saturated carbocycles. The molecule has 21 heavy (non-hydrogen) atoms. The number of halogens is 2. The van der Waals surface area contributed by atoms with E-state index in [1.165, 1.54) is 0 Å². The van der Waals surface area contributed by atoms with Crippen LogP contribution in [0.25, 0.3) is 0 Å². The second-order valence-electron chi connectivity index (χ2n) is 4.63. The van der Waals surface area contributed by atoms with Gasteiger partial charge >= 0.3 is 5.97 Å². The van der Waals surface area contributed by atoms with E-state index in [1.54, 1.807) is 6.92 Å². The Bertz CT molecular complexity index is 676. The summed E-state index contributed by atoms with van der Waals surface area (Å²) < 4.78 is 58.9. The van der Waals surface area contributed by atoms with Gasteiger partial charge in [-0.3, -0.25) is 0 Å². The molecule has 2 N–H and O–H groups in total. The second-order valence-corrected chi connectivity index (χ2v) is 6.31. The van der Waals surface area contributed by atoms with E-state index < -0.39 is 44.1 Å². The summed E-state index contributed by atoms with van der Waals surface area (Å²) in [6, 6.07) is 0.753. The van der Waals surface area contributed by atoms with Gasteiger partial charge in [-0.15, -0.1) is 0 Å². The molecule has 1 heterocycles. The van der Waals surface area contributed by atoms with Gasteiger partial charge in [0.05, 0.1) is 12.1 Å². The minimum absolute atomic E-state index is 0.362. The van der Waals surface area contributed by atoms with E-state index in [0.29, 0.717) is 25.2 Å². The molecular weight excluding hydrogens is 308 g/mol. The monoisotopic (exact) mass is 321 g/mol. The zero-order chi connectivity index (χ0) is 15.8. The van der Waals surface area contributed by atoms with Gasteiger partial charge in [-0.2, -0.15) is 0 Å². The smallest absolute Gasteiger partial charge is 0.341 e. The number of carbonyl (C=O) groups is 1. The van der Waals surface area contributed by atoms with Gasteiger partial charge in [-0.25, -0.2) is 26.7 Å². The SMILES string of the molecule is CC1OCCC1NS(=O)(=O)c1ccc(F)c(C(=O)O)c1F. The third-order valence-corrected chi connectivity index (χ3v) is 4.75. The number of nitrogens with one attached hydrogen (secondary N) is 1. The first kappa shape index (κ1) is 15.8. The summed E-state index contributed by atoms with van der Waals surface area (Å²) in [5.74, 6) is -4.84. The van der Waals surface area contributed by atoms with Crippen molar-refractivity contribution < 1.29 is 31.8 Å². The van der Waals surface area contributed by atoms with Gasteiger partial charge in [0.25, 0.3) is 0 Å². The lowest BCUT2D eigenvalue weighted by Crippen LogP contribution is -2.39. The number of ether oxygens (including phenoxy) is 1. The number of carboxylic acid groups (broad SMARTS) is 1. The summed E-state index contributed by atoms with van der Waals surface area (Å²) in [6.45, 7) is 2.02. The maximum atomic E-state index is 14.0. The van der Waals surface area contributed by atoms with Crippen molar-refractivity contribution in [1.82, 2.24) is 4.72 Å². The Hall–Kier alpha value is -1.58. The first-order valence-electron chi connectivity index (χ1n) is 6.09. The topological polar surface area (TPSA) is 92.7 Å². The van der Waals surface area contributed by atoms with Crippen molar-refractivity contribution >= 4 is 16.0 Å². The van der Waals surface area contributed by atoms with Crippen LogP contribution in [0.15, 0.2) is 17.0 Å². The Morgan fingerprint density at radius 2 is 2.10 bits per heavy atom. The van der Waals surface area contributed by atoms with E-state index in [4.69, 9.17) is 9.84 Å². The van der Waals surface area contributed by atoms with Gasteiger partial charge in [0.15, 0.2) is 5.82 Å². The Kier molecular flexibility index (Phi) is 4.26. The molecule has 1 aromatic rings. The van der Waals surface area contributed by atoms with Crippen LogP contribution in [-0.2, 0) is 14.8 Å². The predicted octanol–water partition coefficient (Wildman–Crippen LogP) is 1.12. The Morgan fingerprint density at radius 3 is 2.62 bits per heavy atom. The van der Waals surface area contributed by atoms with Crippen molar-refractivity contribution in [3.8, 4) is 0 Å². The summed E-state index contributed by atoms with van der Waals surface area (Å²) in [4.78, 5) is 9.90. The second kappa shape index (κ2) is 5.66. The molecule has 0 aliphatic carbocycles. The van der Waals surface area contributed by atoms with Gasteiger partial charge in [0, 0.05) is 6.61 Å². The molecule has 0 spiro atoms. The Balaban J connectivity index is 2.41. The maximum Gasteiger partial charge on any atom is 0.341 e. The lowest BCUT2D eigenvalue weighted by Gasteiger charge is -2.17. The van der Waals surface area contributed by atoms with Crippen LogP contribution < -0.4 is 4.72 Å². The largest absolute Gasteiger partial charge is 0.477 e. The third-order valence-electron chi connectivity index (χ3n) is 3.24. The van der Waals surface area contributed by atoms with Crippen LogP contribution in [-0.4, -0.2) is 38.2 Å². The predicted molar refractivity (Wildman–Crippen MR) is 67.5 cm³/mol. The van der Waals surface area contributed by atoms with Crippen LogP contribution >= 0.6 is 0 Å². The summed E-state index contributed by atoms with van der Waals surface area (Å²) in [7, 11) is -4.32. The summed E-state index contributed by atoms with van der Waals surface area (Å²) in [5, 5.41) is 8.75. The zero-order valence-corrected chi connectivity index (χ0v) is 11.8. The number of sulfonamides is 1. The summed E-state index contributed by atoms with van der Waals surface area (Å²) >= 11 is 0. The number of aromatic carboxylic acids is 1. The van der Waals surface area contributed by atoms with Crippen LogP contribution in [0, 0.1) is 11.6 Å². The minimum Gasteiger partial charge on any atom is -0.477 e. The fourth-order valence-corrected chi connectivity index (χ4v) is 3.51. The molecule has 1 aliphatic heterocycles. The molecule has 9 heteroatoms. The van der Waals surface area contributed by atoms with E-state index in [-0.39, 0.29) is 6.10 Å². The highest BCUT2D eigenvalue weighted by Crippen LogP contribution is 2.23. The standard InChI is InChI=1S/C12H13F2NO5S/c1-6-8(4-5-20-6)15-21(18,19)9-3-2-7(13)10(11(9)14)12(16)17/h2-3,6,8,15H,4-5H2,1H3,(H,16,17). The summed E-state index contributed by atoms with van der Waals surface area (Å²) in [6.07, 6.45) is 0.0249. The van der Waals surface area contributed by atoms with Crippen molar-refractivity contribution in [1.29, 1.82) is 0 Å². The Morgan fingerprint density at radius 1 is 1.43 bits per heavy atom. The van der Waals surface area contributed by atoms with Gasteiger partial charge < -0.3 is 9.84 Å². The van der Waals surface area contributed by atoms with E-state index in [1.807, 2.05) is 0 Å². The highest BCUT2D eigenvalue weighted by atomic mass is 32.2. The quantitative estimate of drug-likeness (QED) is 0.867. The molecule has 2 atom stereocenters. The highest BCUT2D eigenvalue weighted by molar-refractivity contribution is 7.89. The highest BCUT2D eigenvalue weighted by Gasteiger charge is 2.32. The van der Waals surface area contributed by atoms with E-state index >= 15 is 0 Å². The number of hydrogen-bond donors (Lipinski definition) is 2. The summed E-state index contributed by atoms with van der Waals surface area (Å²) in [5.41, 5.74) is -1.30. The van der Waals surface area contributed by atoms with Crippen molar-refractivity contribution in [2.24, 2.45) is 0 Å². The van der Waals surface area contributed by atoms with Gasteiger partial charge in [-0.1, -0.05) is 0 Å². The fourth-order valence-electron chi connectivity index (χ4n) is 2.09. The molecule has 0 aromatic heterocycles. The van der Waals surface area contributed by atoms with E-state index in [0.717, 1.165) is 0 Å². The lowest BCUT2D eigenvalue weighted by molar-refractivity contribution is 0.0685. The number of carboxylic acids is 1. The molecule has 1 fully saturated rings. The molecule has 0 bridgehead atoms. The van der Waals surface area contributed by atoms with Crippen molar-refractivity contribution in [3.05, 3.63) is 29.3 Å². The third kappa shape index (κ3) is 3.04. The van der Waals surface area contributed by atoms with Crippen LogP contribution in [0.1, 0.15) is 23.7 Å². The molecule has 2 rings (SSSR count). The average molecular weight is 321 g/mol. The van der Waals surface area contributed by atoms with E-state index in [9.17, 15) is 22.0 Å². The normalized spacial score (nSPS) is 22.4. The van der Waals surface area contributed by atoms with Crippen molar-refractivity contribution in [3.63, 3.8) is 0 Å².